The summed E-state index contributed by atoms with van der Waals surface area (Å²) in [5, 5.41) is 9.51. The van der Waals surface area contributed by atoms with E-state index in [1.54, 1.807) is 0 Å². The lowest BCUT2D eigenvalue weighted by atomic mass is 9.90. The topological polar surface area (TPSA) is 23.5 Å². The van der Waals surface area contributed by atoms with Crippen LogP contribution in [0.4, 0.5) is 0 Å². The summed E-state index contributed by atoms with van der Waals surface area (Å²) in [7, 11) is 4.18. The zero-order chi connectivity index (χ0) is 10.9. The molecule has 1 aromatic rings. The van der Waals surface area contributed by atoms with Crippen LogP contribution in [0.25, 0.3) is 0 Å². The highest BCUT2D eigenvalue weighted by molar-refractivity contribution is 5.24. The molecule has 1 aliphatic carbocycles. The molecule has 0 spiro atoms. The molecule has 0 heterocycles. The van der Waals surface area contributed by atoms with E-state index in [9.17, 15) is 5.11 Å². The van der Waals surface area contributed by atoms with E-state index in [1.807, 2.05) is 6.07 Å². The Kier molecular flexibility index (Phi) is 2.81. The molecular formula is C13H19NO. The molecule has 15 heavy (non-hydrogen) atoms. The Bertz CT molecular complexity index is 317. The monoisotopic (exact) mass is 205 g/mol. The first-order valence-corrected chi connectivity index (χ1v) is 5.52. The minimum absolute atomic E-state index is 0.116. The van der Waals surface area contributed by atoms with Gasteiger partial charge in [-0.25, -0.2) is 0 Å². The summed E-state index contributed by atoms with van der Waals surface area (Å²) in [6, 6.07) is 10.8. The number of aliphatic hydroxyl groups excluding tert-OH is 1. The van der Waals surface area contributed by atoms with Crippen molar-refractivity contribution in [1.82, 2.24) is 4.90 Å². The van der Waals surface area contributed by atoms with Crippen molar-refractivity contribution in [3.05, 3.63) is 35.9 Å². The number of aliphatic hydroxyl groups is 1. The van der Waals surface area contributed by atoms with Crippen LogP contribution in [0.5, 0.6) is 0 Å². The summed E-state index contributed by atoms with van der Waals surface area (Å²) in [6.07, 6.45) is 2.28. The summed E-state index contributed by atoms with van der Waals surface area (Å²) in [4.78, 5) is 2.22. The smallest absolute Gasteiger partial charge is 0.0505 e. The fourth-order valence-electron chi connectivity index (χ4n) is 2.51. The van der Waals surface area contributed by atoms with E-state index in [-0.39, 0.29) is 5.41 Å². The van der Waals surface area contributed by atoms with Crippen LogP contribution in [0.2, 0.25) is 0 Å². The van der Waals surface area contributed by atoms with Gasteiger partial charge in [0, 0.05) is 11.5 Å². The summed E-state index contributed by atoms with van der Waals surface area (Å²) in [5.41, 5.74) is 1.43. The molecule has 0 amide bonds. The molecule has 1 aromatic carbocycles. The van der Waals surface area contributed by atoms with Crippen LogP contribution in [0, 0.1) is 5.41 Å². The quantitative estimate of drug-likeness (QED) is 0.813. The van der Waals surface area contributed by atoms with Gasteiger partial charge in [0.15, 0.2) is 0 Å². The van der Waals surface area contributed by atoms with Gasteiger partial charge in [-0.1, -0.05) is 30.3 Å². The van der Waals surface area contributed by atoms with Gasteiger partial charge in [0.1, 0.15) is 0 Å². The second kappa shape index (κ2) is 3.95. The standard InChI is InChI=1S/C13H19NO/c1-14(2)12(13(10-15)8-9-13)11-6-4-3-5-7-11/h3-7,12,15H,8-10H2,1-2H3. The molecule has 0 aliphatic heterocycles. The fourth-order valence-corrected chi connectivity index (χ4v) is 2.51. The molecule has 1 N–H and O–H groups in total. The average Bonchev–Trinajstić information content (AvgIpc) is 3.00. The minimum atomic E-state index is 0.116. The maximum absolute atomic E-state index is 9.51. The highest BCUT2D eigenvalue weighted by Crippen LogP contribution is 2.56. The van der Waals surface area contributed by atoms with Gasteiger partial charge in [-0.3, -0.25) is 0 Å². The second-order valence-electron chi connectivity index (χ2n) is 4.80. The predicted molar refractivity (Wildman–Crippen MR) is 61.6 cm³/mol. The van der Waals surface area contributed by atoms with Crippen LogP contribution in [-0.2, 0) is 0 Å². The predicted octanol–water partition coefficient (Wildman–Crippen LogP) is 2.06. The molecule has 1 unspecified atom stereocenters. The Labute approximate surface area is 91.5 Å². The van der Waals surface area contributed by atoms with Gasteiger partial charge in [0.05, 0.1) is 6.61 Å². The van der Waals surface area contributed by atoms with Gasteiger partial charge in [0.25, 0.3) is 0 Å². The lowest BCUT2D eigenvalue weighted by Crippen LogP contribution is -2.30. The molecule has 0 bridgehead atoms. The highest BCUT2D eigenvalue weighted by atomic mass is 16.3. The molecule has 0 aromatic heterocycles. The summed E-state index contributed by atoms with van der Waals surface area (Å²) in [6.45, 7) is 0.296. The molecule has 1 saturated carbocycles. The van der Waals surface area contributed by atoms with Crippen molar-refractivity contribution in [3.8, 4) is 0 Å². The average molecular weight is 205 g/mol. The first-order valence-electron chi connectivity index (χ1n) is 5.52. The first-order chi connectivity index (χ1) is 7.19. The number of rotatable bonds is 4. The number of nitrogens with zero attached hydrogens (tertiary/aromatic N) is 1. The Morgan fingerprint density at radius 1 is 1.27 bits per heavy atom. The van der Waals surface area contributed by atoms with Gasteiger partial charge in [-0.15, -0.1) is 0 Å². The Balaban J connectivity index is 2.29. The second-order valence-corrected chi connectivity index (χ2v) is 4.80. The van der Waals surface area contributed by atoms with E-state index in [4.69, 9.17) is 0 Å². The lowest BCUT2D eigenvalue weighted by molar-refractivity contribution is 0.115. The van der Waals surface area contributed by atoms with Gasteiger partial charge in [0.2, 0.25) is 0 Å². The van der Waals surface area contributed by atoms with Crippen LogP contribution in [-0.4, -0.2) is 30.7 Å². The minimum Gasteiger partial charge on any atom is -0.396 e. The first kappa shape index (κ1) is 10.7. The molecule has 82 valence electrons. The highest BCUT2D eigenvalue weighted by Gasteiger charge is 2.50. The van der Waals surface area contributed by atoms with E-state index in [0.717, 1.165) is 12.8 Å². The van der Waals surface area contributed by atoms with E-state index >= 15 is 0 Å². The zero-order valence-corrected chi connectivity index (χ0v) is 9.48. The lowest BCUT2D eigenvalue weighted by Gasteiger charge is -2.32. The van der Waals surface area contributed by atoms with Gasteiger partial charge in [-0.05, 0) is 32.5 Å². The van der Waals surface area contributed by atoms with Crippen molar-refractivity contribution in [2.75, 3.05) is 20.7 Å². The third-order valence-electron chi connectivity index (χ3n) is 3.42. The summed E-state index contributed by atoms with van der Waals surface area (Å²) < 4.78 is 0. The van der Waals surface area contributed by atoms with Crippen molar-refractivity contribution >= 4 is 0 Å². The van der Waals surface area contributed by atoms with Crippen molar-refractivity contribution in [2.24, 2.45) is 5.41 Å². The normalized spacial score (nSPS) is 20.3. The summed E-state index contributed by atoms with van der Waals surface area (Å²) >= 11 is 0. The van der Waals surface area contributed by atoms with Crippen LogP contribution < -0.4 is 0 Å². The van der Waals surface area contributed by atoms with E-state index in [1.165, 1.54) is 5.56 Å². The maximum atomic E-state index is 9.51. The van der Waals surface area contributed by atoms with Crippen LogP contribution in [0.3, 0.4) is 0 Å². The van der Waals surface area contributed by atoms with Crippen molar-refractivity contribution in [3.63, 3.8) is 0 Å². The molecule has 0 radical (unpaired) electrons. The maximum Gasteiger partial charge on any atom is 0.0505 e. The fraction of sp³-hybridized carbons (Fsp3) is 0.538. The van der Waals surface area contributed by atoms with Crippen LogP contribution in [0.15, 0.2) is 30.3 Å². The Hall–Kier alpha value is -0.860. The summed E-state index contributed by atoms with van der Waals surface area (Å²) in [5.74, 6) is 0. The van der Waals surface area contributed by atoms with Gasteiger partial charge < -0.3 is 10.0 Å². The molecule has 2 rings (SSSR count). The molecule has 2 nitrogen and oxygen atoms in total. The van der Waals surface area contributed by atoms with Crippen LogP contribution >= 0.6 is 0 Å². The largest absolute Gasteiger partial charge is 0.396 e. The molecule has 1 atom stereocenters. The third kappa shape index (κ3) is 1.92. The van der Waals surface area contributed by atoms with Crippen LogP contribution in [0.1, 0.15) is 24.4 Å². The van der Waals surface area contributed by atoms with E-state index < -0.39 is 0 Å². The van der Waals surface area contributed by atoms with E-state index in [0.29, 0.717) is 12.6 Å². The Morgan fingerprint density at radius 2 is 1.87 bits per heavy atom. The zero-order valence-electron chi connectivity index (χ0n) is 9.48. The van der Waals surface area contributed by atoms with E-state index in [2.05, 4.69) is 43.3 Å². The number of benzene rings is 1. The van der Waals surface area contributed by atoms with Crippen molar-refractivity contribution < 1.29 is 5.11 Å². The molecule has 1 fully saturated rings. The molecular weight excluding hydrogens is 186 g/mol. The SMILES string of the molecule is CN(C)C(c1ccccc1)C1(CO)CC1. The molecule has 1 aliphatic rings. The Morgan fingerprint density at radius 3 is 2.27 bits per heavy atom. The van der Waals surface area contributed by atoms with Gasteiger partial charge in [-0.2, -0.15) is 0 Å². The molecule has 2 heteroatoms. The van der Waals surface area contributed by atoms with Crippen molar-refractivity contribution in [1.29, 1.82) is 0 Å². The molecule has 0 saturated heterocycles. The van der Waals surface area contributed by atoms with Crippen molar-refractivity contribution in [2.45, 2.75) is 18.9 Å². The number of hydrogen-bond donors (Lipinski definition) is 1. The third-order valence-corrected chi connectivity index (χ3v) is 3.42. The van der Waals surface area contributed by atoms with Gasteiger partial charge >= 0.3 is 0 Å². The number of hydrogen-bond acceptors (Lipinski definition) is 2.